The lowest BCUT2D eigenvalue weighted by atomic mass is 10.1. The summed E-state index contributed by atoms with van der Waals surface area (Å²) in [4.78, 5) is 3.66. The van der Waals surface area contributed by atoms with Crippen LogP contribution in [0.5, 0.6) is 11.5 Å². The monoisotopic (exact) mass is 286 g/mol. The maximum Gasteiger partial charge on any atom is 0.433 e. The summed E-state index contributed by atoms with van der Waals surface area (Å²) in [5, 5.41) is 3.23. The first kappa shape index (κ1) is 14.2. The van der Waals surface area contributed by atoms with Crippen molar-refractivity contribution in [3.63, 3.8) is 0 Å². The fraction of sp³-hybridized carbons (Fsp3) is 0.308. The molecule has 1 aromatic carbocycles. The smallest absolute Gasteiger partial charge is 0.433 e. The average Bonchev–Trinajstić information content (AvgIpc) is 2.43. The zero-order chi connectivity index (χ0) is 14.9. The van der Waals surface area contributed by atoms with E-state index in [0.29, 0.717) is 16.8 Å². The number of pyridine rings is 1. The number of benzene rings is 1. The Morgan fingerprint density at radius 2 is 1.80 bits per heavy atom. The van der Waals surface area contributed by atoms with Gasteiger partial charge in [-0.25, -0.2) is 4.98 Å². The predicted molar refractivity (Wildman–Crippen MR) is 69.4 cm³/mol. The summed E-state index contributed by atoms with van der Waals surface area (Å²) < 4.78 is 48.8. The molecule has 0 unspecified atom stereocenters. The third-order valence-electron chi connectivity index (χ3n) is 2.87. The van der Waals surface area contributed by atoms with Gasteiger partial charge in [0.25, 0.3) is 0 Å². The Morgan fingerprint density at radius 1 is 1.10 bits per heavy atom. The maximum atomic E-state index is 12.9. The molecule has 1 N–H and O–H groups in total. The van der Waals surface area contributed by atoms with Gasteiger partial charge in [-0.05, 0) is 12.1 Å². The molecule has 0 atom stereocenters. The van der Waals surface area contributed by atoms with Gasteiger partial charge < -0.3 is 14.8 Å². The lowest BCUT2D eigenvalue weighted by molar-refractivity contribution is -0.140. The van der Waals surface area contributed by atoms with Gasteiger partial charge in [0.2, 0.25) is 0 Å². The Hall–Kier alpha value is -2.18. The Labute approximate surface area is 113 Å². The molecule has 0 fully saturated rings. The van der Waals surface area contributed by atoms with Gasteiger partial charge in [-0.2, -0.15) is 13.2 Å². The van der Waals surface area contributed by atoms with E-state index < -0.39 is 11.9 Å². The molecule has 0 aliphatic rings. The third kappa shape index (κ3) is 2.43. The lowest BCUT2D eigenvalue weighted by Crippen LogP contribution is -2.09. The van der Waals surface area contributed by atoms with Crippen LogP contribution in [0.4, 0.5) is 18.9 Å². The number of ether oxygens (including phenoxy) is 2. The van der Waals surface area contributed by atoms with Crippen LogP contribution < -0.4 is 14.8 Å². The summed E-state index contributed by atoms with van der Waals surface area (Å²) in [7, 11) is 4.38. The third-order valence-corrected chi connectivity index (χ3v) is 2.87. The average molecular weight is 286 g/mol. The van der Waals surface area contributed by atoms with Crippen LogP contribution in [0.1, 0.15) is 5.69 Å². The van der Waals surface area contributed by atoms with Gasteiger partial charge in [-0.3, -0.25) is 0 Å². The van der Waals surface area contributed by atoms with Gasteiger partial charge in [0, 0.05) is 24.2 Å². The van der Waals surface area contributed by atoms with E-state index in [0.717, 1.165) is 6.07 Å². The van der Waals surface area contributed by atoms with Crippen LogP contribution >= 0.6 is 0 Å². The maximum absolute atomic E-state index is 12.9. The van der Waals surface area contributed by atoms with Gasteiger partial charge in [0.1, 0.15) is 22.7 Å². The number of anilines is 1. The summed E-state index contributed by atoms with van der Waals surface area (Å²) in [6.07, 6.45) is -4.52. The van der Waals surface area contributed by atoms with Crippen molar-refractivity contribution >= 4 is 16.6 Å². The molecule has 20 heavy (non-hydrogen) atoms. The molecule has 2 aromatic rings. The predicted octanol–water partition coefficient (Wildman–Crippen LogP) is 3.31. The quantitative estimate of drug-likeness (QED) is 0.940. The molecule has 0 bridgehead atoms. The van der Waals surface area contributed by atoms with Crippen molar-refractivity contribution < 1.29 is 22.6 Å². The number of rotatable bonds is 3. The van der Waals surface area contributed by atoms with Crippen LogP contribution in [0, 0.1) is 0 Å². The SMILES string of the molecule is CNc1cc(C(F)(F)F)nc2c(OC)cc(OC)cc12. The number of nitrogens with zero attached hydrogens (tertiary/aromatic N) is 1. The summed E-state index contributed by atoms with van der Waals surface area (Å²) in [6.45, 7) is 0. The second-order valence-corrected chi connectivity index (χ2v) is 4.03. The number of nitrogens with one attached hydrogen (secondary N) is 1. The number of hydrogen-bond acceptors (Lipinski definition) is 4. The van der Waals surface area contributed by atoms with Crippen LogP contribution in [-0.4, -0.2) is 26.3 Å². The van der Waals surface area contributed by atoms with Crippen molar-refractivity contribution in [3.8, 4) is 11.5 Å². The second kappa shape index (κ2) is 5.07. The molecule has 1 heterocycles. The molecule has 0 aliphatic carbocycles. The van der Waals surface area contributed by atoms with Crippen molar-refractivity contribution in [2.75, 3.05) is 26.6 Å². The van der Waals surface area contributed by atoms with Crippen LogP contribution in [0.2, 0.25) is 0 Å². The molecule has 0 radical (unpaired) electrons. The van der Waals surface area contributed by atoms with E-state index in [1.54, 1.807) is 13.1 Å². The van der Waals surface area contributed by atoms with E-state index in [4.69, 9.17) is 9.47 Å². The largest absolute Gasteiger partial charge is 0.497 e. The van der Waals surface area contributed by atoms with Crippen molar-refractivity contribution in [2.45, 2.75) is 6.18 Å². The zero-order valence-electron chi connectivity index (χ0n) is 11.1. The van der Waals surface area contributed by atoms with Crippen LogP contribution in [0.3, 0.4) is 0 Å². The highest BCUT2D eigenvalue weighted by molar-refractivity contribution is 5.96. The summed E-state index contributed by atoms with van der Waals surface area (Å²) in [5.74, 6) is 0.703. The first-order valence-corrected chi connectivity index (χ1v) is 5.72. The van der Waals surface area contributed by atoms with E-state index in [2.05, 4.69) is 10.3 Å². The fourth-order valence-corrected chi connectivity index (χ4v) is 1.90. The molecule has 4 nitrogen and oxygen atoms in total. The van der Waals surface area contributed by atoms with Crippen molar-refractivity contribution in [1.29, 1.82) is 0 Å². The molecule has 7 heteroatoms. The van der Waals surface area contributed by atoms with E-state index in [9.17, 15) is 13.2 Å². The Kier molecular flexibility index (Phi) is 3.61. The summed E-state index contributed by atoms with van der Waals surface area (Å²) in [6, 6.07) is 4.06. The van der Waals surface area contributed by atoms with Gasteiger partial charge in [0.15, 0.2) is 0 Å². The minimum atomic E-state index is -4.52. The minimum Gasteiger partial charge on any atom is -0.497 e. The second-order valence-electron chi connectivity index (χ2n) is 4.03. The summed E-state index contributed by atoms with van der Waals surface area (Å²) >= 11 is 0. The van der Waals surface area contributed by atoms with Crippen LogP contribution in [0.15, 0.2) is 18.2 Å². The molecule has 0 saturated heterocycles. The highest BCUT2D eigenvalue weighted by Gasteiger charge is 2.33. The minimum absolute atomic E-state index is 0.132. The van der Waals surface area contributed by atoms with Gasteiger partial charge in [-0.15, -0.1) is 0 Å². The number of aromatic nitrogens is 1. The van der Waals surface area contributed by atoms with E-state index in [-0.39, 0.29) is 11.3 Å². The first-order valence-electron chi connectivity index (χ1n) is 5.72. The van der Waals surface area contributed by atoms with Crippen molar-refractivity contribution in [3.05, 3.63) is 23.9 Å². The Morgan fingerprint density at radius 3 is 2.30 bits per heavy atom. The molecule has 0 spiro atoms. The molecular weight excluding hydrogens is 273 g/mol. The van der Waals surface area contributed by atoms with E-state index >= 15 is 0 Å². The van der Waals surface area contributed by atoms with Crippen molar-refractivity contribution in [1.82, 2.24) is 4.98 Å². The molecule has 2 rings (SSSR count). The highest BCUT2D eigenvalue weighted by atomic mass is 19.4. The molecule has 0 amide bonds. The van der Waals surface area contributed by atoms with Gasteiger partial charge in [0.05, 0.1) is 14.2 Å². The molecule has 1 aromatic heterocycles. The number of alkyl halides is 3. The zero-order valence-corrected chi connectivity index (χ0v) is 11.1. The van der Waals surface area contributed by atoms with Gasteiger partial charge >= 0.3 is 6.18 Å². The normalized spacial score (nSPS) is 11.5. The van der Waals surface area contributed by atoms with E-state index in [1.807, 2.05) is 0 Å². The molecule has 0 saturated carbocycles. The van der Waals surface area contributed by atoms with Crippen molar-refractivity contribution in [2.24, 2.45) is 0 Å². The number of fused-ring (bicyclic) bond motifs is 1. The summed E-state index contributed by atoms with van der Waals surface area (Å²) in [5.41, 5.74) is -0.537. The molecule has 0 aliphatic heterocycles. The fourth-order valence-electron chi connectivity index (χ4n) is 1.90. The highest BCUT2D eigenvalue weighted by Crippen LogP contribution is 2.38. The number of halogens is 3. The standard InChI is InChI=1S/C13H13F3N2O2/c1-17-9-6-11(13(14,15)16)18-12-8(9)4-7(19-2)5-10(12)20-3/h4-6H,1-3H3,(H,17,18). The number of hydrogen-bond donors (Lipinski definition) is 1. The van der Waals surface area contributed by atoms with E-state index in [1.165, 1.54) is 20.3 Å². The molecular formula is C13H13F3N2O2. The first-order chi connectivity index (χ1) is 9.40. The van der Waals surface area contributed by atoms with Crippen LogP contribution in [-0.2, 0) is 6.18 Å². The Bertz CT molecular complexity index is 642. The van der Waals surface area contributed by atoms with Crippen LogP contribution in [0.25, 0.3) is 10.9 Å². The van der Waals surface area contributed by atoms with Gasteiger partial charge in [-0.1, -0.05) is 0 Å². The molecule has 108 valence electrons. The lowest BCUT2D eigenvalue weighted by Gasteiger charge is -2.14. The topological polar surface area (TPSA) is 43.4 Å². The Balaban J connectivity index is 2.83. The number of methoxy groups -OCH3 is 2.